The minimum Gasteiger partial charge on any atom is -0.480 e. The van der Waals surface area contributed by atoms with Crippen molar-refractivity contribution in [1.29, 1.82) is 0 Å². The van der Waals surface area contributed by atoms with Crippen molar-refractivity contribution in [1.82, 2.24) is 14.9 Å². The third-order valence-electron chi connectivity index (χ3n) is 5.06. The van der Waals surface area contributed by atoms with Crippen molar-refractivity contribution < 1.29 is 22.7 Å². The van der Waals surface area contributed by atoms with Crippen molar-refractivity contribution in [2.24, 2.45) is 5.14 Å². The van der Waals surface area contributed by atoms with Crippen molar-refractivity contribution in [3.63, 3.8) is 0 Å². The number of benzene rings is 1. The van der Waals surface area contributed by atoms with Crippen LogP contribution in [-0.4, -0.2) is 50.5 Å². The zero-order chi connectivity index (χ0) is 22.9. The zero-order valence-electron chi connectivity index (χ0n) is 17.9. The maximum atomic E-state index is 13.3. The molecule has 1 atom stereocenters. The number of primary sulfonamides is 1. The molecule has 0 spiro atoms. The van der Waals surface area contributed by atoms with E-state index in [9.17, 15) is 13.2 Å². The summed E-state index contributed by atoms with van der Waals surface area (Å²) in [5.41, 5.74) is 1.52. The number of fused-ring (bicyclic) bond motifs is 1. The van der Waals surface area contributed by atoms with Crippen LogP contribution in [0.5, 0.6) is 5.88 Å². The molecule has 0 aliphatic heterocycles. The van der Waals surface area contributed by atoms with Crippen LogP contribution in [0.3, 0.4) is 0 Å². The lowest BCUT2D eigenvalue weighted by Gasteiger charge is -2.25. The van der Waals surface area contributed by atoms with Gasteiger partial charge in [0.1, 0.15) is 11.4 Å². The van der Waals surface area contributed by atoms with Gasteiger partial charge in [-0.3, -0.25) is 4.79 Å². The summed E-state index contributed by atoms with van der Waals surface area (Å²) in [5, 5.41) is 5.86. The van der Waals surface area contributed by atoms with Gasteiger partial charge in [-0.2, -0.15) is 4.98 Å². The van der Waals surface area contributed by atoms with Crippen LogP contribution in [0.4, 0.5) is 0 Å². The van der Waals surface area contributed by atoms with Gasteiger partial charge in [0, 0.05) is 14.2 Å². The van der Waals surface area contributed by atoms with Crippen molar-refractivity contribution in [2.75, 3.05) is 21.3 Å². The molecule has 0 radical (unpaired) electrons. The van der Waals surface area contributed by atoms with Gasteiger partial charge in [-0.05, 0) is 37.1 Å². The number of aryl methyl sites for hydroxylation is 1. The second-order valence-electron chi connectivity index (χ2n) is 7.02. The molecule has 2 N–H and O–H groups in total. The molecule has 0 bridgehead atoms. The molecule has 1 unspecified atom stereocenters. The predicted octanol–water partition coefficient (Wildman–Crippen LogP) is 2.64. The number of ether oxygens (including phenoxy) is 2. The minimum atomic E-state index is -3.77. The van der Waals surface area contributed by atoms with Gasteiger partial charge in [0.05, 0.1) is 28.3 Å². The number of hydrogen-bond donors (Lipinski definition) is 1. The van der Waals surface area contributed by atoms with E-state index in [-0.39, 0.29) is 23.5 Å². The summed E-state index contributed by atoms with van der Waals surface area (Å²) in [6, 6.07) is 5.86. The van der Waals surface area contributed by atoms with Crippen LogP contribution in [0.15, 0.2) is 29.2 Å². The Bertz CT molecular complexity index is 1220. The molecule has 0 fully saturated rings. The number of sulfonamides is 1. The van der Waals surface area contributed by atoms with Gasteiger partial charge in [-0.1, -0.05) is 12.1 Å². The molecule has 1 aromatic carbocycles. The standard InChI is InChI=1S/C20H24N4O5S2/c1-11-16-18(29-5)22-15(10-28-4)23-19(16)30-17(11)20(25)24(3)12(2)13-6-8-14(9-7-13)31(21,26)27/h6-9,12H,10H2,1-5H3,(H2,21,26,27). The Morgan fingerprint density at radius 1 is 1.23 bits per heavy atom. The van der Waals surface area contributed by atoms with E-state index in [4.69, 9.17) is 14.6 Å². The van der Waals surface area contributed by atoms with E-state index >= 15 is 0 Å². The first-order valence-corrected chi connectivity index (χ1v) is 11.7. The maximum absolute atomic E-state index is 13.3. The van der Waals surface area contributed by atoms with Crippen LogP contribution in [0.2, 0.25) is 0 Å². The summed E-state index contributed by atoms with van der Waals surface area (Å²) in [6.45, 7) is 3.94. The van der Waals surface area contributed by atoms with Gasteiger partial charge < -0.3 is 14.4 Å². The quantitative estimate of drug-likeness (QED) is 0.570. The summed E-state index contributed by atoms with van der Waals surface area (Å²) in [7, 11) is 1.01. The van der Waals surface area contributed by atoms with E-state index in [0.29, 0.717) is 26.8 Å². The highest BCUT2D eigenvalue weighted by Crippen LogP contribution is 2.36. The van der Waals surface area contributed by atoms with Crippen LogP contribution in [0, 0.1) is 6.92 Å². The van der Waals surface area contributed by atoms with Crippen LogP contribution < -0.4 is 9.88 Å². The molecule has 11 heteroatoms. The summed E-state index contributed by atoms with van der Waals surface area (Å²) < 4.78 is 33.5. The Balaban J connectivity index is 1.95. The third kappa shape index (κ3) is 4.54. The average molecular weight is 465 g/mol. The summed E-state index contributed by atoms with van der Waals surface area (Å²) >= 11 is 1.27. The molecule has 166 valence electrons. The molecule has 0 saturated heterocycles. The van der Waals surface area contributed by atoms with Gasteiger partial charge in [-0.15, -0.1) is 11.3 Å². The van der Waals surface area contributed by atoms with Crippen molar-refractivity contribution in [3.8, 4) is 5.88 Å². The van der Waals surface area contributed by atoms with Crippen molar-refractivity contribution in [2.45, 2.75) is 31.4 Å². The molecule has 9 nitrogen and oxygen atoms in total. The molecule has 3 rings (SSSR count). The van der Waals surface area contributed by atoms with E-state index < -0.39 is 10.0 Å². The topological polar surface area (TPSA) is 125 Å². The lowest BCUT2D eigenvalue weighted by molar-refractivity contribution is 0.0747. The predicted molar refractivity (Wildman–Crippen MR) is 118 cm³/mol. The van der Waals surface area contributed by atoms with Crippen LogP contribution in [0.1, 0.15) is 39.6 Å². The number of hydrogen-bond acceptors (Lipinski definition) is 8. The fraction of sp³-hybridized carbons (Fsp3) is 0.350. The van der Waals surface area contributed by atoms with Crippen LogP contribution >= 0.6 is 11.3 Å². The Hall–Kier alpha value is -2.60. The van der Waals surface area contributed by atoms with Crippen molar-refractivity contribution >= 4 is 37.5 Å². The molecule has 0 saturated carbocycles. The van der Waals surface area contributed by atoms with Gasteiger partial charge in [0.25, 0.3) is 5.91 Å². The van der Waals surface area contributed by atoms with E-state index in [2.05, 4.69) is 9.97 Å². The Kier molecular flexibility index (Phi) is 6.60. The highest BCUT2D eigenvalue weighted by molar-refractivity contribution is 7.89. The molecule has 2 aromatic heterocycles. The smallest absolute Gasteiger partial charge is 0.264 e. The van der Waals surface area contributed by atoms with E-state index in [1.807, 2.05) is 13.8 Å². The van der Waals surface area contributed by atoms with E-state index in [0.717, 1.165) is 11.1 Å². The second kappa shape index (κ2) is 8.87. The monoisotopic (exact) mass is 464 g/mol. The molecule has 3 aromatic rings. The zero-order valence-corrected chi connectivity index (χ0v) is 19.5. The molecular weight excluding hydrogens is 440 g/mol. The first kappa shape index (κ1) is 23.1. The lowest BCUT2D eigenvalue weighted by atomic mass is 10.1. The molecule has 2 heterocycles. The molecular formula is C20H24N4O5S2. The number of nitrogens with two attached hydrogens (primary N) is 1. The third-order valence-corrected chi connectivity index (χ3v) is 7.16. The Labute approximate surface area is 184 Å². The number of nitrogens with zero attached hydrogens (tertiary/aromatic N) is 3. The Morgan fingerprint density at radius 2 is 1.87 bits per heavy atom. The van der Waals surface area contributed by atoms with E-state index in [1.165, 1.54) is 30.6 Å². The number of carbonyl (C=O) groups is 1. The van der Waals surface area contributed by atoms with Gasteiger partial charge in [0.2, 0.25) is 15.9 Å². The normalized spacial score (nSPS) is 12.7. The lowest BCUT2D eigenvalue weighted by Crippen LogP contribution is -2.29. The summed E-state index contributed by atoms with van der Waals surface area (Å²) in [6.07, 6.45) is 0. The molecule has 0 aliphatic rings. The van der Waals surface area contributed by atoms with Gasteiger partial charge in [0.15, 0.2) is 5.82 Å². The maximum Gasteiger partial charge on any atom is 0.264 e. The van der Waals surface area contributed by atoms with Gasteiger partial charge >= 0.3 is 0 Å². The molecule has 31 heavy (non-hydrogen) atoms. The largest absolute Gasteiger partial charge is 0.480 e. The molecule has 0 aliphatic carbocycles. The number of rotatable bonds is 7. The number of aromatic nitrogens is 2. The fourth-order valence-corrected chi connectivity index (χ4v) is 4.87. The number of methoxy groups -OCH3 is 2. The van der Waals surface area contributed by atoms with Crippen LogP contribution in [-0.2, 0) is 21.4 Å². The highest BCUT2D eigenvalue weighted by Gasteiger charge is 2.26. The highest BCUT2D eigenvalue weighted by atomic mass is 32.2. The Morgan fingerprint density at radius 3 is 2.42 bits per heavy atom. The summed E-state index contributed by atoms with van der Waals surface area (Å²) in [4.78, 5) is 25.0. The summed E-state index contributed by atoms with van der Waals surface area (Å²) in [5.74, 6) is 0.696. The fourth-order valence-electron chi connectivity index (χ4n) is 3.19. The number of thiophene rings is 1. The average Bonchev–Trinajstić information content (AvgIpc) is 3.07. The first-order chi connectivity index (χ1) is 14.6. The first-order valence-electron chi connectivity index (χ1n) is 9.31. The number of amides is 1. The van der Waals surface area contributed by atoms with Crippen LogP contribution in [0.25, 0.3) is 10.2 Å². The SMILES string of the molecule is COCc1nc(OC)c2c(C)c(C(=O)N(C)C(C)c3ccc(S(N)(=O)=O)cc3)sc2n1. The minimum absolute atomic E-state index is 0.0234. The molecule has 1 amide bonds. The van der Waals surface area contributed by atoms with E-state index in [1.54, 1.807) is 31.2 Å². The number of carbonyl (C=O) groups excluding carboxylic acids is 1. The second-order valence-corrected chi connectivity index (χ2v) is 9.59. The van der Waals surface area contributed by atoms with Crippen molar-refractivity contribution in [3.05, 3.63) is 46.1 Å². The van der Waals surface area contributed by atoms with Gasteiger partial charge in [-0.25, -0.2) is 18.5 Å².